The van der Waals surface area contributed by atoms with Gasteiger partial charge in [-0.15, -0.1) is 0 Å². The molecule has 1 aromatic heterocycles. The Morgan fingerprint density at radius 3 is 1.60 bits per heavy atom. The van der Waals surface area contributed by atoms with Crippen LogP contribution in [0.2, 0.25) is 0 Å². The van der Waals surface area contributed by atoms with Gasteiger partial charge in [0.15, 0.2) is 8.07 Å². The fourth-order valence-corrected chi connectivity index (χ4v) is 10.7. The summed E-state index contributed by atoms with van der Waals surface area (Å²) in [6.45, 7) is 4.56. The molecule has 2 nitrogen and oxygen atoms in total. The Morgan fingerprint density at radius 1 is 0.595 bits per heavy atom. The zero-order valence-corrected chi connectivity index (χ0v) is 25.3. The first kappa shape index (κ1) is 27.7. The predicted molar refractivity (Wildman–Crippen MR) is 180 cm³/mol. The van der Waals surface area contributed by atoms with Crippen molar-refractivity contribution in [3.63, 3.8) is 0 Å². The largest absolute Gasteiger partial charge is 0.345 e. The van der Waals surface area contributed by atoms with E-state index in [4.69, 9.17) is 4.98 Å². The van der Waals surface area contributed by atoms with Crippen LogP contribution in [-0.2, 0) is 6.17 Å². The molecular weight excluding hydrogens is 523 g/mol. The summed E-state index contributed by atoms with van der Waals surface area (Å²) >= 11 is 0. The van der Waals surface area contributed by atoms with Gasteiger partial charge in [0.2, 0.25) is 7.28 Å². The standard InChI is InChI=1S/C38H36BN2Si/c1-30(2)33-20-15-25-36(28-33)42(34-21-11-5-12-22-34,35-23-13-6-14-24-35)29-41-27-26-40-38(41)39-37(31-16-7-3-8-17-31)32-18-9-4-10-19-32/h3-28,30,37H,29H2,1-2H3. The Labute approximate surface area is 252 Å². The van der Waals surface area contributed by atoms with Gasteiger partial charge in [0, 0.05) is 18.6 Å². The van der Waals surface area contributed by atoms with Gasteiger partial charge in [-0.05, 0) is 44.0 Å². The normalized spacial score (nSPS) is 11.6. The molecule has 6 aromatic rings. The van der Waals surface area contributed by atoms with Crippen LogP contribution in [0.25, 0.3) is 0 Å². The molecule has 0 spiro atoms. The van der Waals surface area contributed by atoms with Gasteiger partial charge in [0.05, 0.1) is 5.72 Å². The van der Waals surface area contributed by atoms with Crippen LogP contribution >= 0.6 is 0 Å². The van der Waals surface area contributed by atoms with E-state index in [1.165, 1.54) is 32.3 Å². The Balaban J connectivity index is 1.50. The summed E-state index contributed by atoms with van der Waals surface area (Å²) in [7, 11) is -0.206. The van der Waals surface area contributed by atoms with E-state index in [0.717, 1.165) is 11.9 Å². The van der Waals surface area contributed by atoms with Crippen molar-refractivity contribution in [2.24, 2.45) is 0 Å². The highest BCUT2D eigenvalue weighted by Crippen LogP contribution is 2.23. The summed E-state index contributed by atoms with van der Waals surface area (Å²) in [4.78, 5) is 4.95. The molecule has 0 amide bonds. The van der Waals surface area contributed by atoms with E-state index in [0.29, 0.717) is 5.92 Å². The van der Waals surface area contributed by atoms with Crippen molar-refractivity contribution in [1.82, 2.24) is 9.55 Å². The van der Waals surface area contributed by atoms with Crippen molar-refractivity contribution in [1.29, 1.82) is 0 Å². The molecule has 0 bridgehead atoms. The van der Waals surface area contributed by atoms with E-state index in [-0.39, 0.29) is 5.82 Å². The lowest BCUT2D eigenvalue weighted by molar-refractivity contribution is 0.866. The van der Waals surface area contributed by atoms with E-state index >= 15 is 0 Å². The van der Waals surface area contributed by atoms with Crippen molar-refractivity contribution in [3.05, 3.63) is 175 Å². The topological polar surface area (TPSA) is 17.8 Å². The highest BCUT2D eigenvalue weighted by Gasteiger charge is 2.40. The second-order valence-corrected chi connectivity index (χ2v) is 15.2. The maximum absolute atomic E-state index is 4.95. The number of imidazole rings is 1. The van der Waals surface area contributed by atoms with E-state index in [1.807, 2.05) is 6.20 Å². The highest BCUT2D eigenvalue weighted by molar-refractivity contribution is 7.10. The second kappa shape index (κ2) is 12.6. The van der Waals surface area contributed by atoms with Crippen molar-refractivity contribution < 1.29 is 0 Å². The first-order valence-corrected chi connectivity index (χ1v) is 17.0. The third kappa shape index (κ3) is 5.68. The lowest BCUT2D eigenvalue weighted by Gasteiger charge is -2.35. The van der Waals surface area contributed by atoms with Crippen LogP contribution in [0.3, 0.4) is 0 Å². The van der Waals surface area contributed by atoms with Crippen LogP contribution < -0.4 is 21.3 Å². The molecule has 0 saturated carbocycles. The molecule has 0 atom stereocenters. The zero-order valence-electron chi connectivity index (χ0n) is 24.3. The second-order valence-electron chi connectivity index (χ2n) is 11.3. The van der Waals surface area contributed by atoms with Crippen molar-refractivity contribution in [3.8, 4) is 0 Å². The lowest BCUT2D eigenvalue weighted by atomic mass is 9.58. The molecule has 0 aliphatic carbocycles. The maximum Gasteiger partial charge on any atom is 0.215 e. The summed E-state index contributed by atoms with van der Waals surface area (Å²) in [6, 6.07) is 53.2. The number of benzene rings is 5. The third-order valence-corrected chi connectivity index (χ3v) is 13.1. The molecule has 0 N–H and O–H groups in total. The maximum atomic E-state index is 4.95. The molecule has 4 heteroatoms. The quantitative estimate of drug-likeness (QED) is 0.153. The summed E-state index contributed by atoms with van der Waals surface area (Å²) in [5, 5.41) is 4.23. The molecule has 1 heterocycles. The first-order valence-electron chi connectivity index (χ1n) is 14.8. The van der Waals surface area contributed by atoms with Gasteiger partial charge in [-0.1, -0.05) is 159 Å². The van der Waals surface area contributed by atoms with Gasteiger partial charge in [-0.25, -0.2) is 0 Å². The average Bonchev–Trinajstić information content (AvgIpc) is 3.50. The van der Waals surface area contributed by atoms with Crippen LogP contribution in [0.15, 0.2) is 158 Å². The molecule has 5 aromatic carbocycles. The van der Waals surface area contributed by atoms with E-state index in [9.17, 15) is 0 Å². The summed E-state index contributed by atoms with van der Waals surface area (Å²) in [5.74, 6) is 0.556. The Kier molecular flexibility index (Phi) is 8.34. The number of hydrogen-bond donors (Lipinski definition) is 0. The molecule has 0 saturated heterocycles. The van der Waals surface area contributed by atoms with E-state index < -0.39 is 8.07 Å². The smallest absolute Gasteiger partial charge is 0.215 e. The molecule has 6 rings (SSSR count). The van der Waals surface area contributed by atoms with Crippen molar-refractivity contribution in [2.75, 3.05) is 0 Å². The van der Waals surface area contributed by atoms with E-state index in [1.54, 1.807) is 0 Å². The van der Waals surface area contributed by atoms with Gasteiger partial charge >= 0.3 is 0 Å². The lowest BCUT2D eigenvalue weighted by Crippen LogP contribution is -2.70. The van der Waals surface area contributed by atoms with Crippen LogP contribution in [0.5, 0.6) is 0 Å². The number of rotatable bonds is 10. The summed E-state index contributed by atoms with van der Waals surface area (Å²) in [5.41, 5.74) is 4.90. The summed E-state index contributed by atoms with van der Waals surface area (Å²) in [6.07, 6.45) is 4.97. The monoisotopic (exact) mass is 559 g/mol. The van der Waals surface area contributed by atoms with E-state index in [2.05, 4.69) is 177 Å². The molecule has 205 valence electrons. The molecule has 0 fully saturated rings. The van der Waals surface area contributed by atoms with Crippen LogP contribution in [-0.4, -0.2) is 24.9 Å². The molecule has 1 radical (unpaired) electrons. The number of nitrogens with zero attached hydrogens (tertiary/aromatic N) is 2. The molecule has 0 aliphatic heterocycles. The minimum atomic E-state index is -2.54. The highest BCUT2D eigenvalue weighted by atomic mass is 28.3. The van der Waals surface area contributed by atoms with Crippen molar-refractivity contribution >= 4 is 36.6 Å². The average molecular weight is 560 g/mol. The van der Waals surface area contributed by atoms with Crippen LogP contribution in [0.1, 0.15) is 42.3 Å². The molecular formula is C38H36BN2Si. The number of aromatic nitrogens is 2. The summed E-state index contributed by atoms with van der Waals surface area (Å²) < 4.78 is 2.40. The molecule has 0 unspecified atom stereocenters. The molecule has 0 aliphatic rings. The molecule has 42 heavy (non-hydrogen) atoms. The predicted octanol–water partition coefficient (Wildman–Crippen LogP) is 5.84. The fourth-order valence-electron chi connectivity index (χ4n) is 6.11. The SMILES string of the molecule is CC(C)c1cccc([Si](Cn2ccnc2[B]C(c2ccccc2)c2ccccc2)(c2ccccc2)c2ccccc2)c1. The van der Waals surface area contributed by atoms with Gasteiger partial charge in [-0.3, -0.25) is 4.98 Å². The minimum absolute atomic E-state index is 0.0994. The van der Waals surface area contributed by atoms with Crippen molar-refractivity contribution in [2.45, 2.75) is 31.8 Å². The Morgan fingerprint density at radius 2 is 1.07 bits per heavy atom. The van der Waals surface area contributed by atoms with Gasteiger partial charge < -0.3 is 4.57 Å². The minimum Gasteiger partial charge on any atom is -0.345 e. The first-order chi connectivity index (χ1) is 20.6. The van der Waals surface area contributed by atoms with Gasteiger partial charge in [0.1, 0.15) is 0 Å². The zero-order chi connectivity index (χ0) is 28.8. The third-order valence-electron chi connectivity index (χ3n) is 8.37. The Bertz CT molecular complexity index is 1620. The van der Waals surface area contributed by atoms with Gasteiger partial charge in [0.25, 0.3) is 0 Å². The Hall–Kier alpha value is -4.41. The van der Waals surface area contributed by atoms with Crippen LogP contribution in [0.4, 0.5) is 0 Å². The van der Waals surface area contributed by atoms with Crippen LogP contribution in [0, 0.1) is 0 Å². The van der Waals surface area contributed by atoms with Gasteiger partial charge in [-0.2, -0.15) is 0 Å². The number of hydrogen-bond acceptors (Lipinski definition) is 1. The fraction of sp³-hybridized carbons (Fsp3) is 0.132.